The minimum atomic E-state index is -0.704. The van der Waals surface area contributed by atoms with Gasteiger partial charge in [-0.2, -0.15) is 0 Å². The van der Waals surface area contributed by atoms with Crippen LogP contribution in [-0.2, 0) is 0 Å². The zero-order valence-corrected chi connectivity index (χ0v) is 9.50. The third-order valence-corrected chi connectivity index (χ3v) is 2.72. The fraction of sp³-hybridized carbons (Fsp3) is 0.500. The van der Waals surface area contributed by atoms with Crippen molar-refractivity contribution >= 4 is 0 Å². The number of aromatic hydroxyl groups is 1. The summed E-state index contributed by atoms with van der Waals surface area (Å²) in [5.74, 6) is -1.97. The number of hydrogen-bond acceptors (Lipinski definition) is 2. The molecular weight excluding hydrogens is 212 g/mol. The molecule has 0 fully saturated rings. The van der Waals surface area contributed by atoms with Crippen LogP contribution < -0.4 is 5.73 Å². The Morgan fingerprint density at radius 1 is 1.25 bits per heavy atom. The van der Waals surface area contributed by atoms with Gasteiger partial charge in [0.25, 0.3) is 0 Å². The summed E-state index contributed by atoms with van der Waals surface area (Å²) in [5.41, 5.74) is 5.47. The fourth-order valence-electron chi connectivity index (χ4n) is 1.92. The molecule has 0 aromatic heterocycles. The molecule has 0 amide bonds. The number of halogens is 2. The molecular formula is C12H17F2NO. The van der Waals surface area contributed by atoms with Gasteiger partial charge in [-0.25, -0.2) is 8.78 Å². The van der Waals surface area contributed by atoms with Gasteiger partial charge in [-0.15, -0.1) is 0 Å². The third kappa shape index (κ3) is 2.70. The van der Waals surface area contributed by atoms with Gasteiger partial charge in [0.2, 0.25) is 0 Å². The number of nitrogens with two attached hydrogens (primary N) is 1. The molecule has 0 aliphatic rings. The van der Waals surface area contributed by atoms with Crippen LogP contribution in [0.3, 0.4) is 0 Å². The van der Waals surface area contributed by atoms with Gasteiger partial charge < -0.3 is 10.8 Å². The highest BCUT2D eigenvalue weighted by Gasteiger charge is 2.23. The Morgan fingerprint density at radius 2 is 1.75 bits per heavy atom. The molecule has 90 valence electrons. The Morgan fingerprint density at radius 3 is 2.12 bits per heavy atom. The van der Waals surface area contributed by atoms with Gasteiger partial charge in [0.15, 0.2) is 0 Å². The molecule has 0 radical (unpaired) electrons. The summed E-state index contributed by atoms with van der Waals surface area (Å²) in [5, 5.41) is 9.06. The van der Waals surface area contributed by atoms with Crippen molar-refractivity contribution in [3.8, 4) is 5.75 Å². The molecule has 0 heterocycles. The van der Waals surface area contributed by atoms with E-state index in [0.29, 0.717) is 13.0 Å². The Hall–Kier alpha value is -1.16. The predicted octanol–water partition coefficient (Wildman–Crippen LogP) is 2.76. The molecule has 2 nitrogen and oxygen atoms in total. The molecule has 1 atom stereocenters. The van der Waals surface area contributed by atoms with Crippen molar-refractivity contribution in [1.29, 1.82) is 0 Å². The van der Waals surface area contributed by atoms with Crippen LogP contribution in [0.2, 0.25) is 0 Å². The van der Waals surface area contributed by atoms with E-state index in [1.165, 1.54) is 0 Å². The smallest absolute Gasteiger partial charge is 0.133 e. The van der Waals surface area contributed by atoms with Crippen LogP contribution in [0, 0.1) is 17.6 Å². The molecule has 0 bridgehead atoms. The summed E-state index contributed by atoms with van der Waals surface area (Å²) >= 11 is 0. The molecule has 0 saturated carbocycles. The lowest BCUT2D eigenvalue weighted by Crippen LogP contribution is -2.15. The molecule has 3 N–H and O–H groups in total. The van der Waals surface area contributed by atoms with Crippen molar-refractivity contribution in [2.45, 2.75) is 26.2 Å². The molecule has 1 aromatic carbocycles. The summed E-state index contributed by atoms with van der Waals surface area (Å²) < 4.78 is 27.2. The molecule has 0 saturated heterocycles. The van der Waals surface area contributed by atoms with E-state index in [1.807, 2.05) is 13.8 Å². The normalized spacial score (nSPS) is 13.1. The van der Waals surface area contributed by atoms with Crippen LogP contribution in [0.25, 0.3) is 0 Å². The van der Waals surface area contributed by atoms with Crippen molar-refractivity contribution < 1.29 is 13.9 Å². The minimum absolute atomic E-state index is 0.0262. The van der Waals surface area contributed by atoms with Crippen molar-refractivity contribution in [2.75, 3.05) is 6.54 Å². The van der Waals surface area contributed by atoms with Crippen LogP contribution in [0.1, 0.15) is 31.7 Å². The lowest BCUT2D eigenvalue weighted by atomic mass is 9.85. The lowest BCUT2D eigenvalue weighted by Gasteiger charge is -2.21. The van der Waals surface area contributed by atoms with E-state index >= 15 is 0 Å². The zero-order valence-electron chi connectivity index (χ0n) is 9.50. The molecule has 0 spiro atoms. The van der Waals surface area contributed by atoms with E-state index in [4.69, 9.17) is 10.8 Å². The summed E-state index contributed by atoms with van der Waals surface area (Å²) in [6.45, 7) is 4.17. The van der Waals surface area contributed by atoms with Crippen molar-refractivity contribution in [3.05, 3.63) is 29.3 Å². The largest absolute Gasteiger partial charge is 0.508 e. The van der Waals surface area contributed by atoms with E-state index in [2.05, 4.69) is 0 Å². The second-order valence-electron chi connectivity index (χ2n) is 4.25. The van der Waals surface area contributed by atoms with Crippen LogP contribution in [0.5, 0.6) is 5.75 Å². The first kappa shape index (κ1) is 12.9. The maximum absolute atomic E-state index is 13.6. The van der Waals surface area contributed by atoms with E-state index < -0.39 is 17.4 Å². The second-order valence-corrected chi connectivity index (χ2v) is 4.25. The Kier molecular flexibility index (Phi) is 4.24. The van der Waals surface area contributed by atoms with E-state index in [-0.39, 0.29) is 17.4 Å². The van der Waals surface area contributed by atoms with Gasteiger partial charge >= 0.3 is 0 Å². The lowest BCUT2D eigenvalue weighted by molar-refractivity contribution is 0.415. The van der Waals surface area contributed by atoms with Crippen LogP contribution in [0.15, 0.2) is 12.1 Å². The maximum atomic E-state index is 13.6. The molecule has 0 aliphatic heterocycles. The first-order valence-electron chi connectivity index (χ1n) is 5.35. The highest BCUT2D eigenvalue weighted by Crippen LogP contribution is 2.33. The van der Waals surface area contributed by atoms with Crippen LogP contribution in [0.4, 0.5) is 8.78 Å². The molecule has 16 heavy (non-hydrogen) atoms. The number of rotatable bonds is 4. The van der Waals surface area contributed by atoms with Gasteiger partial charge in [0, 0.05) is 17.7 Å². The standard InChI is InChI=1S/C12H17F2NO/c1-7(2)9(3-4-15)12-10(13)5-8(16)6-11(12)14/h5-7,9,16H,3-4,15H2,1-2H3. The number of hydrogen-bond donors (Lipinski definition) is 2. The fourth-order valence-corrected chi connectivity index (χ4v) is 1.92. The van der Waals surface area contributed by atoms with Gasteiger partial charge in [-0.05, 0) is 24.8 Å². The summed E-state index contributed by atoms with van der Waals surface area (Å²) in [6, 6.07) is 1.87. The molecule has 1 unspecified atom stereocenters. The molecule has 0 aliphatic carbocycles. The highest BCUT2D eigenvalue weighted by atomic mass is 19.1. The van der Waals surface area contributed by atoms with Crippen LogP contribution in [-0.4, -0.2) is 11.7 Å². The van der Waals surface area contributed by atoms with Crippen molar-refractivity contribution in [3.63, 3.8) is 0 Å². The quantitative estimate of drug-likeness (QED) is 0.833. The number of phenols is 1. The Balaban J connectivity index is 3.18. The molecule has 1 aromatic rings. The Labute approximate surface area is 94.1 Å². The van der Waals surface area contributed by atoms with Gasteiger partial charge in [0.1, 0.15) is 17.4 Å². The monoisotopic (exact) mass is 229 g/mol. The van der Waals surface area contributed by atoms with E-state index in [0.717, 1.165) is 12.1 Å². The van der Waals surface area contributed by atoms with E-state index in [9.17, 15) is 8.78 Å². The first-order valence-corrected chi connectivity index (χ1v) is 5.35. The van der Waals surface area contributed by atoms with Crippen molar-refractivity contribution in [1.82, 2.24) is 0 Å². The summed E-state index contributed by atoms with van der Waals surface area (Å²) in [4.78, 5) is 0. The predicted molar refractivity (Wildman–Crippen MR) is 59.3 cm³/mol. The highest BCUT2D eigenvalue weighted by molar-refractivity contribution is 5.32. The van der Waals surface area contributed by atoms with Gasteiger partial charge in [-0.3, -0.25) is 0 Å². The number of phenolic OH excluding ortho intramolecular Hbond substituents is 1. The third-order valence-electron chi connectivity index (χ3n) is 2.72. The van der Waals surface area contributed by atoms with Gasteiger partial charge in [0.05, 0.1) is 0 Å². The minimum Gasteiger partial charge on any atom is -0.508 e. The SMILES string of the molecule is CC(C)C(CCN)c1c(F)cc(O)cc1F. The number of benzene rings is 1. The van der Waals surface area contributed by atoms with Gasteiger partial charge in [-0.1, -0.05) is 13.8 Å². The average Bonchev–Trinajstić information content (AvgIpc) is 2.14. The maximum Gasteiger partial charge on any atom is 0.133 e. The first-order chi connectivity index (χ1) is 7.47. The summed E-state index contributed by atoms with van der Waals surface area (Å²) in [6.07, 6.45) is 0.524. The van der Waals surface area contributed by atoms with Crippen LogP contribution >= 0.6 is 0 Å². The summed E-state index contributed by atoms with van der Waals surface area (Å²) in [7, 11) is 0. The second kappa shape index (κ2) is 5.25. The zero-order chi connectivity index (χ0) is 12.3. The Bertz CT molecular complexity index is 343. The molecule has 4 heteroatoms. The van der Waals surface area contributed by atoms with Crippen molar-refractivity contribution in [2.24, 2.45) is 11.7 Å². The van der Waals surface area contributed by atoms with E-state index in [1.54, 1.807) is 0 Å². The topological polar surface area (TPSA) is 46.2 Å². The average molecular weight is 229 g/mol. The molecule has 1 rings (SSSR count).